The lowest BCUT2D eigenvalue weighted by Crippen LogP contribution is -2.16. The highest BCUT2D eigenvalue weighted by molar-refractivity contribution is 9.10. The van der Waals surface area contributed by atoms with E-state index < -0.39 is 16.8 Å². The Kier molecular flexibility index (Phi) is 6.88. The molecule has 2 N–H and O–H groups in total. The average Bonchev–Trinajstić information content (AvgIpc) is 3.27. The van der Waals surface area contributed by atoms with Gasteiger partial charge in [-0.1, -0.05) is 12.1 Å². The maximum absolute atomic E-state index is 12.3. The number of hydrogen-bond acceptors (Lipinski definition) is 7. The summed E-state index contributed by atoms with van der Waals surface area (Å²) < 4.78 is 11.9. The molecule has 0 atom stereocenters. The highest BCUT2D eigenvalue weighted by Gasteiger charge is 2.14. The van der Waals surface area contributed by atoms with Crippen LogP contribution in [0.2, 0.25) is 0 Å². The van der Waals surface area contributed by atoms with Crippen molar-refractivity contribution in [1.29, 1.82) is 0 Å². The molecule has 0 saturated heterocycles. The number of nitrogens with zero attached hydrogens (tertiary/aromatic N) is 2. The lowest BCUT2D eigenvalue weighted by atomic mass is 10.1. The number of ether oxygens (including phenoxy) is 1. The van der Waals surface area contributed by atoms with E-state index in [0.29, 0.717) is 26.8 Å². The third-order valence-electron chi connectivity index (χ3n) is 4.87. The minimum atomic E-state index is -0.988. The predicted molar refractivity (Wildman–Crippen MR) is 130 cm³/mol. The number of halogens is 1. The summed E-state index contributed by atoms with van der Waals surface area (Å²) in [5.74, 6) is -1.05. The Morgan fingerprint density at radius 3 is 2.57 bits per heavy atom. The minimum Gasteiger partial charge on any atom is -0.488 e. The number of carboxylic acid groups (broad SMARTS) is 1. The standard InChI is InChI=1S/C24H16BrN3O7/c25-19-9-15(3-7-21(19)34-13-14-1-4-16(5-2-14)24(30)31)12-26-27-23(29)22-11-17-10-18(28(32)33)6-8-20(17)35-22/h1-12H,13H2,(H,27,29)(H,30,31)/b26-12+. The predicted octanol–water partition coefficient (Wildman–Crippen LogP) is 5.14. The van der Waals surface area contributed by atoms with E-state index in [-0.39, 0.29) is 23.6 Å². The maximum atomic E-state index is 12.3. The van der Waals surface area contributed by atoms with Crippen molar-refractivity contribution in [2.45, 2.75) is 6.61 Å². The number of aromatic carboxylic acids is 1. The fourth-order valence-electron chi connectivity index (χ4n) is 3.10. The van der Waals surface area contributed by atoms with Crippen LogP contribution in [0.1, 0.15) is 32.0 Å². The number of carbonyl (C=O) groups excluding carboxylic acids is 1. The smallest absolute Gasteiger partial charge is 0.335 e. The number of fused-ring (bicyclic) bond motifs is 1. The van der Waals surface area contributed by atoms with E-state index in [0.717, 1.165) is 5.56 Å². The Morgan fingerprint density at radius 2 is 1.89 bits per heavy atom. The van der Waals surface area contributed by atoms with Crippen molar-refractivity contribution >= 4 is 50.7 Å². The molecular weight excluding hydrogens is 522 g/mol. The molecule has 11 heteroatoms. The normalized spacial score (nSPS) is 11.0. The van der Waals surface area contributed by atoms with Gasteiger partial charge in [0.2, 0.25) is 0 Å². The zero-order valence-electron chi connectivity index (χ0n) is 17.8. The monoisotopic (exact) mass is 537 g/mol. The van der Waals surface area contributed by atoms with Crippen molar-refractivity contribution in [2.24, 2.45) is 5.10 Å². The van der Waals surface area contributed by atoms with Gasteiger partial charge in [0.05, 0.1) is 21.2 Å². The number of hydrogen-bond donors (Lipinski definition) is 2. The van der Waals surface area contributed by atoms with Gasteiger partial charge in [-0.05, 0) is 69.5 Å². The van der Waals surface area contributed by atoms with Crippen LogP contribution < -0.4 is 10.2 Å². The second-order valence-corrected chi connectivity index (χ2v) is 8.12. The highest BCUT2D eigenvalue weighted by atomic mass is 79.9. The van der Waals surface area contributed by atoms with E-state index in [2.05, 4.69) is 26.5 Å². The van der Waals surface area contributed by atoms with Crippen LogP contribution in [0.15, 0.2) is 80.7 Å². The Bertz CT molecular complexity index is 1460. The van der Waals surface area contributed by atoms with Gasteiger partial charge in [0.1, 0.15) is 17.9 Å². The molecule has 4 aromatic rings. The summed E-state index contributed by atoms with van der Waals surface area (Å²) in [4.78, 5) is 33.6. The van der Waals surface area contributed by atoms with Crippen molar-refractivity contribution in [3.8, 4) is 5.75 Å². The summed E-state index contributed by atoms with van der Waals surface area (Å²) in [6.45, 7) is 0.253. The first-order valence-electron chi connectivity index (χ1n) is 10.1. The quantitative estimate of drug-likeness (QED) is 0.179. The van der Waals surface area contributed by atoms with Crippen LogP contribution in [0.25, 0.3) is 11.0 Å². The van der Waals surface area contributed by atoms with Gasteiger partial charge in [-0.2, -0.15) is 5.10 Å². The molecule has 0 saturated carbocycles. The van der Waals surface area contributed by atoms with Crippen LogP contribution >= 0.6 is 15.9 Å². The number of nitrogens with one attached hydrogen (secondary N) is 1. The number of benzene rings is 3. The molecule has 0 aliphatic carbocycles. The Labute approximate surface area is 206 Å². The molecule has 1 aromatic heterocycles. The molecule has 0 unspecified atom stereocenters. The number of carbonyl (C=O) groups is 2. The van der Waals surface area contributed by atoms with Gasteiger partial charge in [-0.3, -0.25) is 14.9 Å². The summed E-state index contributed by atoms with van der Waals surface area (Å²) in [6.07, 6.45) is 1.44. The highest BCUT2D eigenvalue weighted by Crippen LogP contribution is 2.27. The molecule has 1 amide bonds. The van der Waals surface area contributed by atoms with Gasteiger partial charge in [-0.25, -0.2) is 10.2 Å². The number of non-ortho nitro benzene ring substituents is 1. The zero-order chi connectivity index (χ0) is 24.9. The van der Waals surface area contributed by atoms with E-state index >= 15 is 0 Å². The molecule has 35 heavy (non-hydrogen) atoms. The lowest BCUT2D eigenvalue weighted by Gasteiger charge is -2.09. The number of furan rings is 1. The van der Waals surface area contributed by atoms with Crippen molar-refractivity contribution in [3.05, 3.63) is 104 Å². The third kappa shape index (κ3) is 5.71. The van der Waals surface area contributed by atoms with Crippen molar-refractivity contribution < 1.29 is 28.8 Å². The van der Waals surface area contributed by atoms with Gasteiger partial charge < -0.3 is 14.3 Å². The van der Waals surface area contributed by atoms with E-state index in [1.807, 2.05) is 0 Å². The van der Waals surface area contributed by atoms with Crippen molar-refractivity contribution in [1.82, 2.24) is 5.43 Å². The van der Waals surface area contributed by atoms with Gasteiger partial charge >= 0.3 is 11.9 Å². The molecule has 176 valence electrons. The number of hydrazone groups is 1. The summed E-state index contributed by atoms with van der Waals surface area (Å²) in [5.41, 5.74) is 4.30. The fraction of sp³-hybridized carbons (Fsp3) is 0.0417. The van der Waals surface area contributed by atoms with E-state index in [1.165, 1.54) is 42.6 Å². The minimum absolute atomic E-state index is 0.0287. The van der Waals surface area contributed by atoms with Crippen LogP contribution in [0, 0.1) is 10.1 Å². The summed E-state index contributed by atoms with van der Waals surface area (Å²) in [7, 11) is 0. The third-order valence-corrected chi connectivity index (χ3v) is 5.49. The number of carboxylic acids is 1. The molecule has 4 rings (SSSR count). The molecule has 0 bridgehead atoms. The van der Waals surface area contributed by atoms with Crippen LogP contribution in [0.4, 0.5) is 5.69 Å². The first kappa shape index (κ1) is 23.6. The van der Waals surface area contributed by atoms with E-state index in [4.69, 9.17) is 14.3 Å². The number of rotatable bonds is 8. The molecule has 0 radical (unpaired) electrons. The molecule has 0 aliphatic heterocycles. The number of amides is 1. The van der Waals surface area contributed by atoms with Crippen LogP contribution in [-0.2, 0) is 6.61 Å². The largest absolute Gasteiger partial charge is 0.488 e. The topological polar surface area (TPSA) is 144 Å². The SMILES string of the molecule is O=C(O)c1ccc(COc2ccc(/C=N/NC(=O)c3cc4cc([N+](=O)[O-])ccc4o3)cc2Br)cc1. The average molecular weight is 538 g/mol. The number of nitro groups is 1. The van der Waals surface area contributed by atoms with E-state index in [1.54, 1.807) is 30.3 Å². The summed E-state index contributed by atoms with van der Waals surface area (Å²) in [6, 6.07) is 17.1. The molecule has 10 nitrogen and oxygen atoms in total. The molecule has 3 aromatic carbocycles. The first-order chi connectivity index (χ1) is 16.8. The Morgan fingerprint density at radius 1 is 1.11 bits per heavy atom. The van der Waals surface area contributed by atoms with Crippen molar-refractivity contribution in [3.63, 3.8) is 0 Å². The van der Waals surface area contributed by atoms with Crippen LogP contribution in [0.5, 0.6) is 5.75 Å². The molecule has 0 fully saturated rings. The van der Waals surface area contributed by atoms with Crippen LogP contribution in [0.3, 0.4) is 0 Å². The zero-order valence-corrected chi connectivity index (χ0v) is 19.4. The van der Waals surface area contributed by atoms with Gasteiger partial charge in [-0.15, -0.1) is 0 Å². The molecule has 0 aliphatic rings. The lowest BCUT2D eigenvalue weighted by molar-refractivity contribution is -0.384. The van der Waals surface area contributed by atoms with Gasteiger partial charge in [0.25, 0.3) is 5.69 Å². The Hall–Kier alpha value is -4.51. The Balaban J connectivity index is 1.35. The second-order valence-electron chi connectivity index (χ2n) is 7.27. The second kappa shape index (κ2) is 10.2. The van der Waals surface area contributed by atoms with Crippen LogP contribution in [-0.4, -0.2) is 28.1 Å². The van der Waals surface area contributed by atoms with Gasteiger partial charge in [0.15, 0.2) is 5.76 Å². The summed E-state index contributed by atoms with van der Waals surface area (Å²) >= 11 is 3.43. The summed E-state index contributed by atoms with van der Waals surface area (Å²) in [5, 5.41) is 24.2. The molecular formula is C24H16BrN3O7. The van der Waals surface area contributed by atoms with E-state index in [9.17, 15) is 19.7 Å². The van der Waals surface area contributed by atoms with Gasteiger partial charge in [0, 0.05) is 17.5 Å². The maximum Gasteiger partial charge on any atom is 0.335 e. The fourth-order valence-corrected chi connectivity index (χ4v) is 3.61. The number of nitro benzene ring substituents is 1. The first-order valence-corrected chi connectivity index (χ1v) is 10.9. The molecule has 1 heterocycles. The molecule has 0 spiro atoms. The van der Waals surface area contributed by atoms with Crippen molar-refractivity contribution in [2.75, 3.05) is 0 Å².